The topological polar surface area (TPSA) is 66.4 Å². The molecule has 2 saturated carbocycles. The summed E-state index contributed by atoms with van der Waals surface area (Å²) in [5.41, 5.74) is 1.15. The van der Waals surface area contributed by atoms with Crippen LogP contribution in [-0.4, -0.2) is 23.0 Å². The Labute approximate surface area is 128 Å². The Balaban J connectivity index is 1.76. The first kappa shape index (κ1) is 14.6. The van der Waals surface area contributed by atoms with Crippen molar-refractivity contribution in [1.82, 2.24) is 5.32 Å². The Morgan fingerprint density at radius 2 is 2.10 bits per heavy atom. The molecule has 4 nitrogen and oxygen atoms in total. The SMILES string of the molecule is CCc1sc(C(=O)NC2C3CCC(C3)C2C(=O)O)cc1C. The number of aliphatic carboxylic acids is 1. The lowest BCUT2D eigenvalue weighted by molar-refractivity contribution is -0.144. The first-order valence-corrected chi connectivity index (χ1v) is 8.45. The van der Waals surface area contributed by atoms with Gasteiger partial charge >= 0.3 is 5.97 Å². The zero-order chi connectivity index (χ0) is 15.1. The van der Waals surface area contributed by atoms with E-state index in [2.05, 4.69) is 12.2 Å². The minimum Gasteiger partial charge on any atom is -0.481 e. The van der Waals surface area contributed by atoms with Gasteiger partial charge in [0, 0.05) is 10.9 Å². The summed E-state index contributed by atoms with van der Waals surface area (Å²) in [5.74, 6) is -0.684. The lowest BCUT2D eigenvalue weighted by atomic mass is 9.84. The normalized spacial score (nSPS) is 30.6. The molecule has 2 aliphatic carbocycles. The molecule has 0 aromatic carbocycles. The van der Waals surface area contributed by atoms with E-state index in [1.807, 2.05) is 13.0 Å². The minimum atomic E-state index is -0.760. The van der Waals surface area contributed by atoms with Crippen molar-refractivity contribution in [2.24, 2.45) is 17.8 Å². The van der Waals surface area contributed by atoms with Crippen molar-refractivity contribution in [1.29, 1.82) is 0 Å². The molecule has 2 aliphatic rings. The fourth-order valence-electron chi connectivity index (χ4n) is 4.06. The number of nitrogens with one attached hydrogen (secondary N) is 1. The molecule has 1 aromatic heterocycles. The van der Waals surface area contributed by atoms with E-state index in [4.69, 9.17) is 0 Å². The maximum atomic E-state index is 12.4. The van der Waals surface area contributed by atoms with E-state index in [-0.39, 0.29) is 17.9 Å². The van der Waals surface area contributed by atoms with E-state index in [1.54, 1.807) is 0 Å². The minimum absolute atomic E-state index is 0.105. The Hall–Kier alpha value is -1.36. The third kappa shape index (κ3) is 2.48. The van der Waals surface area contributed by atoms with Crippen molar-refractivity contribution in [3.63, 3.8) is 0 Å². The van der Waals surface area contributed by atoms with Crippen LogP contribution in [0.4, 0.5) is 0 Å². The zero-order valence-corrected chi connectivity index (χ0v) is 13.2. The van der Waals surface area contributed by atoms with Gasteiger partial charge in [0.15, 0.2) is 0 Å². The highest BCUT2D eigenvalue weighted by Gasteiger charge is 2.51. The predicted molar refractivity (Wildman–Crippen MR) is 81.6 cm³/mol. The number of hydrogen-bond acceptors (Lipinski definition) is 3. The Morgan fingerprint density at radius 3 is 2.71 bits per heavy atom. The Bertz CT molecular complexity index is 580. The summed E-state index contributed by atoms with van der Waals surface area (Å²) >= 11 is 1.52. The van der Waals surface area contributed by atoms with Crippen molar-refractivity contribution in [2.45, 2.75) is 45.6 Å². The van der Waals surface area contributed by atoms with Crippen molar-refractivity contribution in [3.05, 3.63) is 21.4 Å². The van der Waals surface area contributed by atoms with E-state index < -0.39 is 11.9 Å². The van der Waals surface area contributed by atoms with Gasteiger partial charge in [-0.3, -0.25) is 9.59 Å². The molecule has 4 atom stereocenters. The molecule has 0 aliphatic heterocycles. The fraction of sp³-hybridized carbons (Fsp3) is 0.625. The summed E-state index contributed by atoms with van der Waals surface area (Å²) < 4.78 is 0. The number of thiophene rings is 1. The smallest absolute Gasteiger partial charge is 0.308 e. The van der Waals surface area contributed by atoms with Crippen molar-refractivity contribution in [2.75, 3.05) is 0 Å². The van der Waals surface area contributed by atoms with Gasteiger partial charge in [-0.2, -0.15) is 0 Å². The van der Waals surface area contributed by atoms with Gasteiger partial charge in [0.25, 0.3) is 5.91 Å². The first-order valence-electron chi connectivity index (χ1n) is 7.64. The third-order valence-electron chi connectivity index (χ3n) is 5.06. The number of hydrogen-bond donors (Lipinski definition) is 2. The second kappa shape index (κ2) is 5.44. The highest BCUT2D eigenvalue weighted by atomic mass is 32.1. The molecule has 2 fully saturated rings. The predicted octanol–water partition coefficient (Wildman–Crippen LogP) is 2.85. The molecule has 0 radical (unpaired) electrons. The Morgan fingerprint density at radius 1 is 1.38 bits per heavy atom. The molecular weight excluding hydrogens is 286 g/mol. The van der Waals surface area contributed by atoms with Crippen LogP contribution in [0.15, 0.2) is 6.07 Å². The average Bonchev–Trinajstić information content (AvgIpc) is 3.11. The average molecular weight is 307 g/mol. The fourth-order valence-corrected chi connectivity index (χ4v) is 5.08. The molecule has 1 aromatic rings. The highest BCUT2D eigenvalue weighted by molar-refractivity contribution is 7.14. The lowest BCUT2D eigenvalue weighted by Crippen LogP contribution is -2.46. The van der Waals surface area contributed by atoms with Gasteiger partial charge in [-0.15, -0.1) is 11.3 Å². The van der Waals surface area contributed by atoms with E-state index in [0.29, 0.717) is 10.8 Å². The second-order valence-electron chi connectivity index (χ2n) is 6.27. The van der Waals surface area contributed by atoms with Crippen LogP contribution in [0, 0.1) is 24.7 Å². The van der Waals surface area contributed by atoms with E-state index in [0.717, 1.165) is 31.2 Å². The summed E-state index contributed by atoms with van der Waals surface area (Å²) in [6.07, 6.45) is 3.91. The quantitative estimate of drug-likeness (QED) is 0.899. The largest absolute Gasteiger partial charge is 0.481 e. The molecule has 1 heterocycles. The van der Waals surface area contributed by atoms with Crippen LogP contribution < -0.4 is 5.32 Å². The molecule has 114 valence electrons. The number of rotatable bonds is 4. The van der Waals surface area contributed by atoms with Gasteiger partial charge in [0.2, 0.25) is 0 Å². The van der Waals surface area contributed by atoms with Crippen LogP contribution in [0.25, 0.3) is 0 Å². The first-order chi connectivity index (χ1) is 10.0. The number of amides is 1. The molecule has 1 amide bonds. The number of carbonyl (C=O) groups excluding carboxylic acids is 1. The summed E-state index contributed by atoms with van der Waals surface area (Å²) in [6, 6.07) is 1.73. The number of carboxylic acid groups (broad SMARTS) is 1. The maximum Gasteiger partial charge on any atom is 0.308 e. The van der Waals surface area contributed by atoms with E-state index in [1.165, 1.54) is 16.2 Å². The van der Waals surface area contributed by atoms with Crippen LogP contribution in [0.2, 0.25) is 0 Å². The molecule has 3 rings (SSSR count). The van der Waals surface area contributed by atoms with Gasteiger partial charge in [0.1, 0.15) is 0 Å². The van der Waals surface area contributed by atoms with Gasteiger partial charge in [0.05, 0.1) is 10.8 Å². The Kier molecular flexibility index (Phi) is 3.78. The van der Waals surface area contributed by atoms with Crippen LogP contribution in [0.1, 0.15) is 46.3 Å². The maximum absolute atomic E-state index is 12.4. The second-order valence-corrected chi connectivity index (χ2v) is 7.40. The number of carboxylic acids is 1. The van der Waals surface area contributed by atoms with Crippen LogP contribution in [0.5, 0.6) is 0 Å². The third-order valence-corrected chi connectivity index (χ3v) is 6.44. The molecule has 21 heavy (non-hydrogen) atoms. The molecule has 2 N–H and O–H groups in total. The van der Waals surface area contributed by atoms with Gasteiger partial charge in [-0.05, 0) is 56.1 Å². The summed E-state index contributed by atoms with van der Waals surface area (Å²) in [7, 11) is 0. The summed E-state index contributed by atoms with van der Waals surface area (Å²) in [5, 5.41) is 12.4. The van der Waals surface area contributed by atoms with Crippen molar-refractivity contribution >= 4 is 23.2 Å². The van der Waals surface area contributed by atoms with Crippen LogP contribution >= 0.6 is 11.3 Å². The van der Waals surface area contributed by atoms with Crippen LogP contribution in [0.3, 0.4) is 0 Å². The number of fused-ring (bicyclic) bond motifs is 2. The monoisotopic (exact) mass is 307 g/mol. The van der Waals surface area contributed by atoms with Gasteiger partial charge in [-0.1, -0.05) is 6.92 Å². The molecular formula is C16H21NO3S. The molecule has 2 bridgehead atoms. The highest BCUT2D eigenvalue weighted by Crippen LogP contribution is 2.48. The lowest BCUT2D eigenvalue weighted by Gasteiger charge is -2.28. The van der Waals surface area contributed by atoms with Gasteiger partial charge in [-0.25, -0.2) is 0 Å². The molecule has 4 unspecified atom stereocenters. The zero-order valence-electron chi connectivity index (χ0n) is 12.4. The van der Waals surface area contributed by atoms with Gasteiger partial charge < -0.3 is 10.4 Å². The standard InChI is InChI=1S/C16H21NO3S/c1-3-11-8(2)6-12(21-11)15(18)17-14-10-5-4-9(7-10)13(14)16(19)20/h6,9-10,13-14H,3-5,7H2,1-2H3,(H,17,18)(H,19,20). The summed E-state index contributed by atoms with van der Waals surface area (Å²) in [6.45, 7) is 4.10. The number of carbonyl (C=O) groups is 2. The molecule has 5 heteroatoms. The van der Waals surface area contributed by atoms with Crippen molar-refractivity contribution < 1.29 is 14.7 Å². The van der Waals surface area contributed by atoms with Crippen molar-refractivity contribution in [3.8, 4) is 0 Å². The summed E-state index contributed by atoms with van der Waals surface area (Å²) in [4.78, 5) is 25.8. The molecule has 0 spiro atoms. The van der Waals surface area contributed by atoms with E-state index >= 15 is 0 Å². The van der Waals surface area contributed by atoms with E-state index in [9.17, 15) is 14.7 Å². The van der Waals surface area contributed by atoms with Crippen LogP contribution in [-0.2, 0) is 11.2 Å². The molecule has 0 saturated heterocycles. The number of aryl methyl sites for hydroxylation is 2.